The number of ether oxygens (including phenoxy) is 1. The monoisotopic (exact) mass is 311 g/mol. The van der Waals surface area contributed by atoms with Crippen LogP contribution in [0.2, 0.25) is 0 Å². The van der Waals surface area contributed by atoms with E-state index in [0.29, 0.717) is 6.61 Å². The first kappa shape index (κ1) is 15.8. The number of nitrogens with zero attached hydrogens (tertiary/aromatic N) is 1. The second-order valence-electron chi connectivity index (χ2n) is 5.24. The zero-order chi connectivity index (χ0) is 15.4. The number of primary amides is 1. The van der Waals surface area contributed by atoms with Crippen LogP contribution in [0, 0.1) is 0 Å². The Morgan fingerprint density at radius 3 is 3.00 bits per heavy atom. The van der Waals surface area contributed by atoms with Crippen LogP contribution in [0.4, 0.5) is 5.13 Å². The van der Waals surface area contributed by atoms with Gasteiger partial charge in [0.25, 0.3) is 0 Å². The van der Waals surface area contributed by atoms with Crippen LogP contribution in [0.3, 0.4) is 0 Å². The standard InChI is InChI=1S/C14H21N3O3S/c1-3-20-13(19)9-5-4-6-10-12(9)17-14(21-10)16-8(2)7-11(15)18/h8-9H,3-7H2,1-2H3,(H2,15,18)(H,16,17). The van der Waals surface area contributed by atoms with Crippen LogP contribution in [0.15, 0.2) is 0 Å². The third kappa shape index (κ3) is 3.93. The molecule has 6 nitrogen and oxygen atoms in total. The van der Waals surface area contributed by atoms with Gasteiger partial charge < -0.3 is 15.8 Å². The molecule has 1 aliphatic carbocycles. The fraction of sp³-hybridized carbons (Fsp3) is 0.643. The summed E-state index contributed by atoms with van der Waals surface area (Å²) in [6, 6.07) is -0.0730. The van der Waals surface area contributed by atoms with E-state index >= 15 is 0 Å². The lowest BCUT2D eigenvalue weighted by molar-refractivity contribution is -0.145. The van der Waals surface area contributed by atoms with Crippen molar-refractivity contribution in [3.63, 3.8) is 0 Å². The molecule has 0 aromatic carbocycles. The molecule has 116 valence electrons. The molecule has 7 heteroatoms. The molecule has 2 unspecified atom stereocenters. The van der Waals surface area contributed by atoms with Crippen molar-refractivity contribution in [3.05, 3.63) is 10.6 Å². The van der Waals surface area contributed by atoms with Crippen molar-refractivity contribution < 1.29 is 14.3 Å². The first-order valence-electron chi connectivity index (χ1n) is 7.22. The van der Waals surface area contributed by atoms with Gasteiger partial charge in [0.1, 0.15) is 5.92 Å². The van der Waals surface area contributed by atoms with Gasteiger partial charge in [-0.1, -0.05) is 0 Å². The first-order chi connectivity index (χ1) is 10.0. The van der Waals surface area contributed by atoms with Gasteiger partial charge in [0.05, 0.1) is 12.3 Å². The number of nitrogens with two attached hydrogens (primary N) is 1. The Morgan fingerprint density at radius 1 is 1.57 bits per heavy atom. The Bertz CT molecular complexity index is 530. The molecule has 1 aromatic heterocycles. The zero-order valence-electron chi connectivity index (χ0n) is 12.3. The van der Waals surface area contributed by atoms with Crippen molar-refractivity contribution in [1.29, 1.82) is 0 Å². The van der Waals surface area contributed by atoms with Gasteiger partial charge in [-0.05, 0) is 33.1 Å². The van der Waals surface area contributed by atoms with Crippen LogP contribution >= 0.6 is 11.3 Å². The van der Waals surface area contributed by atoms with Gasteiger partial charge >= 0.3 is 5.97 Å². The molecule has 21 heavy (non-hydrogen) atoms. The molecule has 0 fully saturated rings. The number of nitrogens with one attached hydrogen (secondary N) is 1. The van der Waals surface area contributed by atoms with Gasteiger partial charge in [0.15, 0.2) is 5.13 Å². The van der Waals surface area contributed by atoms with E-state index in [-0.39, 0.29) is 30.3 Å². The predicted octanol–water partition coefficient (Wildman–Crippen LogP) is 1.80. The van der Waals surface area contributed by atoms with E-state index in [2.05, 4.69) is 10.3 Å². The highest BCUT2D eigenvalue weighted by molar-refractivity contribution is 7.15. The lowest BCUT2D eigenvalue weighted by Gasteiger charge is -2.19. The minimum absolute atomic E-state index is 0.0730. The Kier molecular flexibility index (Phi) is 5.17. The Morgan fingerprint density at radius 2 is 2.33 bits per heavy atom. The van der Waals surface area contributed by atoms with Crippen molar-refractivity contribution in [2.75, 3.05) is 11.9 Å². The van der Waals surface area contributed by atoms with E-state index in [1.165, 1.54) is 0 Å². The van der Waals surface area contributed by atoms with Gasteiger partial charge in [-0.2, -0.15) is 0 Å². The lowest BCUT2D eigenvalue weighted by atomic mass is 9.91. The van der Waals surface area contributed by atoms with E-state index in [9.17, 15) is 9.59 Å². The molecule has 0 saturated heterocycles. The van der Waals surface area contributed by atoms with Gasteiger partial charge in [-0.15, -0.1) is 11.3 Å². The molecule has 0 spiro atoms. The Labute approximate surface area is 128 Å². The molecule has 0 saturated carbocycles. The summed E-state index contributed by atoms with van der Waals surface area (Å²) in [6.45, 7) is 4.07. The maximum absolute atomic E-state index is 12.0. The SMILES string of the molecule is CCOC(=O)C1CCCc2sc(NC(C)CC(N)=O)nc21. The number of fused-ring (bicyclic) bond motifs is 1. The highest BCUT2D eigenvalue weighted by Gasteiger charge is 2.31. The van der Waals surface area contributed by atoms with E-state index in [1.807, 2.05) is 6.92 Å². The third-order valence-corrected chi connectivity index (χ3v) is 4.46. The second-order valence-corrected chi connectivity index (χ2v) is 6.32. The molecule has 0 bridgehead atoms. The normalized spacial score (nSPS) is 18.7. The van der Waals surface area contributed by atoms with Crippen LogP contribution < -0.4 is 11.1 Å². The number of amides is 1. The number of hydrogen-bond acceptors (Lipinski definition) is 6. The average molecular weight is 311 g/mol. The summed E-state index contributed by atoms with van der Waals surface area (Å²) in [5, 5.41) is 3.92. The van der Waals surface area contributed by atoms with Gasteiger partial charge in [-0.25, -0.2) is 4.98 Å². The van der Waals surface area contributed by atoms with Crippen molar-refractivity contribution in [2.45, 2.75) is 51.5 Å². The van der Waals surface area contributed by atoms with Gasteiger partial charge in [-0.3, -0.25) is 9.59 Å². The van der Waals surface area contributed by atoms with Crippen LogP contribution in [0.5, 0.6) is 0 Å². The molecule has 0 aliphatic heterocycles. The molecule has 1 aromatic rings. The topological polar surface area (TPSA) is 94.3 Å². The molecule has 1 amide bonds. The van der Waals surface area contributed by atoms with Crippen LogP contribution in [-0.4, -0.2) is 29.5 Å². The number of anilines is 1. The van der Waals surface area contributed by atoms with Crippen molar-refractivity contribution in [1.82, 2.24) is 4.98 Å². The summed E-state index contributed by atoms with van der Waals surface area (Å²) < 4.78 is 5.13. The Balaban J connectivity index is 2.11. The highest BCUT2D eigenvalue weighted by Crippen LogP contribution is 2.37. The van der Waals surface area contributed by atoms with Crippen molar-refractivity contribution >= 4 is 28.3 Å². The van der Waals surface area contributed by atoms with Gasteiger partial charge in [0.2, 0.25) is 5.91 Å². The minimum Gasteiger partial charge on any atom is -0.465 e. The number of aromatic nitrogens is 1. The van der Waals surface area contributed by atoms with E-state index in [0.717, 1.165) is 35.0 Å². The number of aryl methyl sites for hydroxylation is 1. The molecule has 2 rings (SSSR count). The molecule has 1 aliphatic rings. The molecule has 1 heterocycles. The summed E-state index contributed by atoms with van der Waals surface area (Å²) in [6.07, 6.45) is 2.95. The Hall–Kier alpha value is -1.63. The molecule has 2 atom stereocenters. The summed E-state index contributed by atoms with van der Waals surface area (Å²) in [5.74, 6) is -0.798. The molecule has 3 N–H and O–H groups in total. The average Bonchev–Trinajstić information content (AvgIpc) is 2.79. The van der Waals surface area contributed by atoms with Crippen LogP contribution in [0.25, 0.3) is 0 Å². The van der Waals surface area contributed by atoms with E-state index in [4.69, 9.17) is 10.5 Å². The van der Waals surface area contributed by atoms with Crippen molar-refractivity contribution in [2.24, 2.45) is 5.73 Å². The molecule has 0 radical (unpaired) electrons. The fourth-order valence-corrected chi connectivity index (χ4v) is 3.69. The fourth-order valence-electron chi connectivity index (χ4n) is 2.52. The van der Waals surface area contributed by atoms with Crippen LogP contribution in [0.1, 0.15) is 49.6 Å². The van der Waals surface area contributed by atoms with Gasteiger partial charge in [0, 0.05) is 17.3 Å². The summed E-state index contributed by atoms with van der Waals surface area (Å²) in [7, 11) is 0. The zero-order valence-corrected chi connectivity index (χ0v) is 13.2. The van der Waals surface area contributed by atoms with E-state index in [1.54, 1.807) is 18.3 Å². The second kappa shape index (κ2) is 6.89. The van der Waals surface area contributed by atoms with E-state index < -0.39 is 0 Å². The number of thiazole rings is 1. The minimum atomic E-state index is -0.347. The number of carbonyl (C=O) groups is 2. The molecular formula is C14H21N3O3S. The maximum Gasteiger partial charge on any atom is 0.315 e. The number of esters is 1. The largest absolute Gasteiger partial charge is 0.465 e. The maximum atomic E-state index is 12.0. The van der Waals surface area contributed by atoms with Crippen LogP contribution in [-0.2, 0) is 20.7 Å². The van der Waals surface area contributed by atoms with Crippen molar-refractivity contribution in [3.8, 4) is 0 Å². The highest BCUT2D eigenvalue weighted by atomic mass is 32.1. The number of hydrogen-bond donors (Lipinski definition) is 2. The third-order valence-electron chi connectivity index (χ3n) is 3.40. The first-order valence-corrected chi connectivity index (χ1v) is 8.04. The number of rotatable bonds is 6. The smallest absolute Gasteiger partial charge is 0.315 e. The summed E-state index contributed by atoms with van der Waals surface area (Å²) in [4.78, 5) is 28.6. The lowest BCUT2D eigenvalue weighted by Crippen LogP contribution is -2.24. The number of carbonyl (C=O) groups excluding carboxylic acids is 2. The summed E-state index contributed by atoms with van der Waals surface area (Å²) >= 11 is 1.55. The summed E-state index contributed by atoms with van der Waals surface area (Å²) in [5.41, 5.74) is 6.01. The quantitative estimate of drug-likeness (QED) is 0.781. The predicted molar refractivity (Wildman–Crippen MR) is 81.3 cm³/mol. The molecular weight excluding hydrogens is 290 g/mol.